The maximum atomic E-state index is 12.2. The number of amides is 1. The van der Waals surface area contributed by atoms with E-state index >= 15 is 0 Å². The van der Waals surface area contributed by atoms with Crippen molar-refractivity contribution in [2.24, 2.45) is 5.92 Å². The molecule has 1 aliphatic carbocycles. The number of carboxylic acid groups (broad SMARTS) is 1. The summed E-state index contributed by atoms with van der Waals surface area (Å²) in [4.78, 5) is 23.4. The van der Waals surface area contributed by atoms with Crippen LogP contribution in [0.2, 0.25) is 0 Å². The molecular formula is C16H21NO4. The van der Waals surface area contributed by atoms with E-state index in [0.29, 0.717) is 18.6 Å². The highest BCUT2D eigenvalue weighted by molar-refractivity contribution is 5.94. The number of rotatable bonds is 5. The van der Waals surface area contributed by atoms with Crippen molar-refractivity contribution in [3.63, 3.8) is 0 Å². The number of hydrogen-bond donors (Lipinski definition) is 2. The van der Waals surface area contributed by atoms with Crippen molar-refractivity contribution in [1.29, 1.82) is 0 Å². The van der Waals surface area contributed by atoms with Crippen LogP contribution in [0.25, 0.3) is 0 Å². The van der Waals surface area contributed by atoms with E-state index in [1.165, 1.54) is 0 Å². The SMILES string of the molecule is COCc1ccc(C(=O)NC2CCCCC2C(=O)O)cc1. The molecule has 0 saturated heterocycles. The predicted octanol–water partition coefficient (Wildman–Crippen LogP) is 2.21. The lowest BCUT2D eigenvalue weighted by molar-refractivity contribution is -0.143. The van der Waals surface area contributed by atoms with Gasteiger partial charge in [-0.1, -0.05) is 25.0 Å². The van der Waals surface area contributed by atoms with E-state index in [0.717, 1.165) is 24.8 Å². The van der Waals surface area contributed by atoms with Gasteiger partial charge in [0.25, 0.3) is 5.91 Å². The van der Waals surface area contributed by atoms with Crippen LogP contribution < -0.4 is 5.32 Å². The Hall–Kier alpha value is -1.88. The average molecular weight is 291 g/mol. The van der Waals surface area contributed by atoms with Crippen LogP contribution in [-0.4, -0.2) is 30.1 Å². The van der Waals surface area contributed by atoms with Gasteiger partial charge in [0.05, 0.1) is 12.5 Å². The summed E-state index contributed by atoms with van der Waals surface area (Å²) in [6.45, 7) is 0.506. The third-order valence-electron chi connectivity index (χ3n) is 3.93. The van der Waals surface area contributed by atoms with Gasteiger partial charge in [-0.2, -0.15) is 0 Å². The summed E-state index contributed by atoms with van der Waals surface area (Å²) >= 11 is 0. The highest BCUT2D eigenvalue weighted by atomic mass is 16.5. The Labute approximate surface area is 124 Å². The number of aliphatic carboxylic acids is 1. The van der Waals surface area contributed by atoms with Crippen LogP contribution in [0.5, 0.6) is 0 Å². The van der Waals surface area contributed by atoms with Crippen LogP contribution >= 0.6 is 0 Å². The van der Waals surface area contributed by atoms with Crippen LogP contribution in [0.15, 0.2) is 24.3 Å². The molecule has 1 saturated carbocycles. The van der Waals surface area contributed by atoms with Gasteiger partial charge in [-0.3, -0.25) is 9.59 Å². The standard InChI is InChI=1S/C16H21NO4/c1-21-10-11-6-8-12(9-7-11)15(18)17-14-5-3-2-4-13(14)16(19)20/h6-9,13-14H,2-5,10H2,1H3,(H,17,18)(H,19,20). The van der Waals surface area contributed by atoms with Gasteiger partial charge in [-0.05, 0) is 30.5 Å². The molecule has 1 aromatic carbocycles. The number of carboxylic acids is 1. The van der Waals surface area contributed by atoms with Crippen molar-refractivity contribution < 1.29 is 19.4 Å². The lowest BCUT2D eigenvalue weighted by atomic mass is 9.84. The van der Waals surface area contributed by atoms with Crippen LogP contribution in [0.3, 0.4) is 0 Å². The smallest absolute Gasteiger partial charge is 0.308 e. The predicted molar refractivity (Wildman–Crippen MR) is 78.0 cm³/mol. The number of carbonyl (C=O) groups excluding carboxylic acids is 1. The summed E-state index contributed by atoms with van der Waals surface area (Å²) in [5.74, 6) is -1.51. The molecular weight excluding hydrogens is 270 g/mol. The largest absolute Gasteiger partial charge is 0.481 e. The van der Waals surface area contributed by atoms with Crippen molar-refractivity contribution in [2.45, 2.75) is 38.3 Å². The second kappa shape index (κ2) is 7.22. The number of ether oxygens (including phenoxy) is 1. The molecule has 0 spiro atoms. The molecule has 1 aliphatic rings. The van der Waals surface area contributed by atoms with Gasteiger partial charge in [0.15, 0.2) is 0 Å². The maximum Gasteiger partial charge on any atom is 0.308 e. The first-order valence-electron chi connectivity index (χ1n) is 7.23. The molecule has 0 heterocycles. The minimum absolute atomic E-state index is 0.211. The zero-order valence-corrected chi connectivity index (χ0v) is 12.2. The summed E-state index contributed by atoms with van der Waals surface area (Å²) in [5, 5.41) is 12.1. The van der Waals surface area contributed by atoms with E-state index in [4.69, 9.17) is 4.74 Å². The summed E-state index contributed by atoms with van der Waals surface area (Å²) in [6.07, 6.45) is 3.23. The fourth-order valence-corrected chi connectivity index (χ4v) is 2.77. The Balaban J connectivity index is 2.00. The van der Waals surface area contributed by atoms with Gasteiger partial charge in [0.1, 0.15) is 0 Å². The molecule has 21 heavy (non-hydrogen) atoms. The van der Waals surface area contributed by atoms with Gasteiger partial charge < -0.3 is 15.2 Å². The summed E-state index contributed by atoms with van der Waals surface area (Å²) in [7, 11) is 1.62. The Morgan fingerprint density at radius 1 is 1.24 bits per heavy atom. The molecule has 2 atom stereocenters. The molecule has 1 amide bonds. The van der Waals surface area contributed by atoms with Gasteiger partial charge in [0, 0.05) is 18.7 Å². The molecule has 1 fully saturated rings. The summed E-state index contributed by atoms with van der Waals surface area (Å²) in [6, 6.07) is 6.88. The first kappa shape index (κ1) is 15.5. The molecule has 2 rings (SSSR count). The Morgan fingerprint density at radius 2 is 1.90 bits per heavy atom. The second-order valence-corrected chi connectivity index (χ2v) is 5.44. The lowest BCUT2D eigenvalue weighted by Crippen LogP contribution is -2.45. The minimum atomic E-state index is -0.824. The first-order chi connectivity index (χ1) is 10.1. The molecule has 5 nitrogen and oxygen atoms in total. The van der Waals surface area contributed by atoms with Gasteiger partial charge >= 0.3 is 5.97 Å². The van der Waals surface area contributed by atoms with Gasteiger partial charge in [-0.25, -0.2) is 0 Å². The third kappa shape index (κ3) is 4.04. The molecule has 0 radical (unpaired) electrons. The molecule has 0 aliphatic heterocycles. The van der Waals surface area contributed by atoms with E-state index in [9.17, 15) is 14.7 Å². The number of methoxy groups -OCH3 is 1. The van der Waals surface area contributed by atoms with Crippen molar-refractivity contribution >= 4 is 11.9 Å². The fraction of sp³-hybridized carbons (Fsp3) is 0.500. The summed E-state index contributed by atoms with van der Waals surface area (Å²) < 4.78 is 5.02. The normalized spacial score (nSPS) is 21.8. The zero-order chi connectivity index (χ0) is 15.2. The van der Waals surface area contributed by atoms with Crippen molar-refractivity contribution in [1.82, 2.24) is 5.32 Å². The lowest BCUT2D eigenvalue weighted by Gasteiger charge is -2.29. The average Bonchev–Trinajstić information content (AvgIpc) is 2.48. The molecule has 114 valence electrons. The van der Waals surface area contributed by atoms with E-state index < -0.39 is 11.9 Å². The molecule has 5 heteroatoms. The van der Waals surface area contributed by atoms with Crippen molar-refractivity contribution in [3.05, 3.63) is 35.4 Å². The Bertz CT molecular complexity index is 498. The van der Waals surface area contributed by atoms with Crippen molar-refractivity contribution in [2.75, 3.05) is 7.11 Å². The van der Waals surface area contributed by atoms with Gasteiger partial charge in [0.2, 0.25) is 0 Å². The van der Waals surface area contributed by atoms with E-state index in [1.54, 1.807) is 19.2 Å². The van der Waals surface area contributed by atoms with Crippen LogP contribution in [0.4, 0.5) is 0 Å². The first-order valence-corrected chi connectivity index (χ1v) is 7.23. The van der Waals surface area contributed by atoms with Crippen LogP contribution in [-0.2, 0) is 16.1 Å². The van der Waals surface area contributed by atoms with Crippen molar-refractivity contribution in [3.8, 4) is 0 Å². The molecule has 0 aromatic heterocycles. The fourth-order valence-electron chi connectivity index (χ4n) is 2.77. The molecule has 2 unspecified atom stereocenters. The number of benzene rings is 1. The Morgan fingerprint density at radius 3 is 2.52 bits per heavy atom. The topological polar surface area (TPSA) is 75.6 Å². The second-order valence-electron chi connectivity index (χ2n) is 5.44. The van der Waals surface area contributed by atoms with Crippen LogP contribution in [0.1, 0.15) is 41.6 Å². The minimum Gasteiger partial charge on any atom is -0.481 e. The number of carbonyl (C=O) groups is 2. The maximum absolute atomic E-state index is 12.2. The van der Waals surface area contributed by atoms with Gasteiger partial charge in [-0.15, -0.1) is 0 Å². The monoisotopic (exact) mass is 291 g/mol. The number of nitrogens with one attached hydrogen (secondary N) is 1. The van der Waals surface area contributed by atoms with E-state index in [2.05, 4.69) is 5.32 Å². The van der Waals surface area contributed by atoms with E-state index in [1.807, 2.05) is 12.1 Å². The highest BCUT2D eigenvalue weighted by Crippen LogP contribution is 2.25. The molecule has 2 N–H and O–H groups in total. The molecule has 0 bridgehead atoms. The van der Waals surface area contributed by atoms with Crippen LogP contribution in [0, 0.1) is 5.92 Å². The summed E-state index contributed by atoms with van der Waals surface area (Å²) in [5.41, 5.74) is 1.54. The molecule has 1 aromatic rings. The Kier molecular flexibility index (Phi) is 5.33. The highest BCUT2D eigenvalue weighted by Gasteiger charge is 2.31. The third-order valence-corrected chi connectivity index (χ3v) is 3.93. The van der Waals surface area contributed by atoms with E-state index in [-0.39, 0.29) is 11.9 Å². The quantitative estimate of drug-likeness (QED) is 0.872. The zero-order valence-electron chi connectivity index (χ0n) is 12.2. The number of hydrogen-bond acceptors (Lipinski definition) is 3.